The maximum Gasteiger partial charge on any atom is 0.228 e. The molecule has 1 unspecified atom stereocenters. The van der Waals surface area contributed by atoms with E-state index < -0.39 is 0 Å². The molecule has 0 fully saturated rings. The summed E-state index contributed by atoms with van der Waals surface area (Å²) in [7, 11) is 1.99. The molecule has 1 atom stereocenters. The molecule has 1 aromatic carbocycles. The number of aryl methyl sites for hydroxylation is 1. The van der Waals surface area contributed by atoms with Crippen molar-refractivity contribution in [2.75, 3.05) is 13.6 Å². The lowest BCUT2D eigenvalue weighted by atomic mass is 10.1. The van der Waals surface area contributed by atoms with Crippen molar-refractivity contribution in [3.8, 4) is 5.88 Å². The van der Waals surface area contributed by atoms with E-state index in [1.165, 1.54) is 11.1 Å². The fourth-order valence-electron chi connectivity index (χ4n) is 2.79. The minimum atomic E-state index is 0.0808. The van der Waals surface area contributed by atoms with Crippen LogP contribution in [-0.2, 0) is 12.8 Å². The Hall–Kier alpha value is -1.59. The zero-order chi connectivity index (χ0) is 18.0. The highest BCUT2D eigenvalue weighted by molar-refractivity contribution is 9.10. The van der Waals surface area contributed by atoms with E-state index in [0.717, 1.165) is 40.3 Å². The van der Waals surface area contributed by atoms with Gasteiger partial charge in [0.2, 0.25) is 5.88 Å². The highest BCUT2D eigenvalue weighted by Crippen LogP contribution is 2.33. The van der Waals surface area contributed by atoms with Crippen LogP contribution in [0.4, 0.5) is 5.69 Å². The minimum absolute atomic E-state index is 0.0808. The van der Waals surface area contributed by atoms with Gasteiger partial charge in [0.15, 0.2) is 0 Å². The van der Waals surface area contributed by atoms with Crippen LogP contribution in [0, 0.1) is 6.92 Å². The maximum absolute atomic E-state index is 6.15. The summed E-state index contributed by atoms with van der Waals surface area (Å²) in [4.78, 5) is 11.1. The molecule has 1 aliphatic rings. The zero-order valence-electron chi connectivity index (χ0n) is 14.6. The molecule has 0 saturated carbocycles. The van der Waals surface area contributed by atoms with Gasteiger partial charge < -0.3 is 9.64 Å². The summed E-state index contributed by atoms with van der Waals surface area (Å²) in [5.74, 6) is 0.615. The van der Waals surface area contributed by atoms with E-state index in [-0.39, 0.29) is 6.10 Å². The Balaban J connectivity index is 1.74. The van der Waals surface area contributed by atoms with Gasteiger partial charge in [0.05, 0.1) is 22.2 Å². The second-order valence-electron chi connectivity index (χ2n) is 6.26. The van der Waals surface area contributed by atoms with Gasteiger partial charge in [-0.1, -0.05) is 17.7 Å². The Morgan fingerprint density at radius 1 is 1.36 bits per heavy atom. The van der Waals surface area contributed by atoms with Gasteiger partial charge in [-0.3, -0.25) is 0 Å². The Kier molecular flexibility index (Phi) is 5.64. The zero-order valence-corrected chi connectivity index (χ0v) is 16.9. The van der Waals surface area contributed by atoms with E-state index in [0.29, 0.717) is 5.88 Å². The van der Waals surface area contributed by atoms with Crippen LogP contribution in [0.15, 0.2) is 33.7 Å². The summed E-state index contributed by atoms with van der Waals surface area (Å²) >= 11 is 9.64. The van der Waals surface area contributed by atoms with E-state index >= 15 is 0 Å². The van der Waals surface area contributed by atoms with E-state index in [4.69, 9.17) is 16.3 Å². The molecule has 2 aromatic rings. The van der Waals surface area contributed by atoms with Crippen molar-refractivity contribution in [1.29, 1.82) is 0 Å². The fraction of sp³-hybridized carbons (Fsp3) is 0.368. The lowest BCUT2D eigenvalue weighted by Gasteiger charge is -2.15. The number of fused-ring (bicyclic) bond motifs is 1. The SMILES string of the molecule is CCN(C)C=Nc1cc(Br)c(OC2Cc3ccc(Cl)cc3C2)nc1C. The molecule has 1 heterocycles. The van der Waals surface area contributed by atoms with Crippen molar-refractivity contribution in [1.82, 2.24) is 9.88 Å². The Labute approximate surface area is 162 Å². The van der Waals surface area contributed by atoms with E-state index in [2.05, 4.69) is 38.9 Å². The third-order valence-electron chi connectivity index (χ3n) is 4.34. The van der Waals surface area contributed by atoms with Crippen LogP contribution in [0.25, 0.3) is 0 Å². The Morgan fingerprint density at radius 3 is 2.88 bits per heavy atom. The second-order valence-corrected chi connectivity index (χ2v) is 7.55. The molecule has 0 saturated heterocycles. The lowest BCUT2D eigenvalue weighted by molar-refractivity contribution is 0.203. The number of nitrogens with zero attached hydrogens (tertiary/aromatic N) is 3. The van der Waals surface area contributed by atoms with Crippen LogP contribution in [0.3, 0.4) is 0 Å². The average molecular weight is 423 g/mol. The third kappa shape index (κ3) is 4.33. The van der Waals surface area contributed by atoms with Crippen molar-refractivity contribution in [2.45, 2.75) is 32.8 Å². The van der Waals surface area contributed by atoms with Crippen molar-refractivity contribution >= 4 is 39.6 Å². The topological polar surface area (TPSA) is 37.7 Å². The quantitative estimate of drug-likeness (QED) is 0.504. The minimum Gasteiger partial charge on any atom is -0.473 e. The monoisotopic (exact) mass is 421 g/mol. The summed E-state index contributed by atoms with van der Waals surface area (Å²) in [5.41, 5.74) is 4.23. The number of halogens is 2. The number of aliphatic imine (C=N–C) groups is 1. The number of benzene rings is 1. The van der Waals surface area contributed by atoms with Crippen LogP contribution < -0.4 is 4.74 Å². The summed E-state index contributed by atoms with van der Waals surface area (Å²) in [6.07, 6.45) is 3.62. The normalized spacial score (nSPS) is 16.3. The van der Waals surface area contributed by atoms with E-state index in [1.54, 1.807) is 0 Å². The molecular weight excluding hydrogens is 402 g/mol. The predicted octanol–water partition coefficient (Wildman–Crippen LogP) is 4.96. The number of hydrogen-bond acceptors (Lipinski definition) is 3. The van der Waals surface area contributed by atoms with Crippen LogP contribution in [0.5, 0.6) is 5.88 Å². The average Bonchev–Trinajstić information content (AvgIpc) is 2.97. The van der Waals surface area contributed by atoms with Crippen molar-refractivity contribution in [3.05, 3.63) is 50.6 Å². The molecule has 0 N–H and O–H groups in total. The van der Waals surface area contributed by atoms with Gasteiger partial charge in [-0.25, -0.2) is 9.98 Å². The molecule has 0 amide bonds. The van der Waals surface area contributed by atoms with Crippen molar-refractivity contribution in [2.24, 2.45) is 4.99 Å². The number of ether oxygens (including phenoxy) is 1. The highest BCUT2D eigenvalue weighted by Gasteiger charge is 2.24. The van der Waals surface area contributed by atoms with Gasteiger partial charge in [0, 0.05) is 31.5 Å². The standard InChI is InChI=1S/C19H21BrClN3O/c1-4-24(3)11-22-18-10-17(20)19(23-12(18)2)25-16-8-13-5-6-15(21)7-14(13)9-16/h5-7,10-11,16H,4,8-9H2,1-3H3. The largest absolute Gasteiger partial charge is 0.473 e. The van der Waals surface area contributed by atoms with Gasteiger partial charge in [-0.05, 0) is 59.1 Å². The van der Waals surface area contributed by atoms with E-state index in [9.17, 15) is 0 Å². The number of aromatic nitrogens is 1. The maximum atomic E-state index is 6.15. The third-order valence-corrected chi connectivity index (χ3v) is 5.15. The predicted molar refractivity (Wildman–Crippen MR) is 106 cm³/mol. The molecule has 6 heteroatoms. The van der Waals surface area contributed by atoms with Gasteiger partial charge in [-0.2, -0.15) is 0 Å². The van der Waals surface area contributed by atoms with Crippen LogP contribution in [0.1, 0.15) is 23.7 Å². The van der Waals surface area contributed by atoms with Gasteiger partial charge in [0.25, 0.3) is 0 Å². The molecule has 0 spiro atoms. The van der Waals surface area contributed by atoms with E-state index in [1.807, 2.05) is 43.4 Å². The fourth-order valence-corrected chi connectivity index (χ4v) is 3.39. The smallest absolute Gasteiger partial charge is 0.228 e. The summed E-state index contributed by atoms with van der Waals surface area (Å²) in [6.45, 7) is 4.93. The highest BCUT2D eigenvalue weighted by atomic mass is 79.9. The molecule has 132 valence electrons. The second kappa shape index (κ2) is 7.75. The van der Waals surface area contributed by atoms with Crippen molar-refractivity contribution < 1.29 is 4.74 Å². The summed E-state index contributed by atoms with van der Waals surface area (Å²) < 4.78 is 6.97. The molecule has 3 rings (SSSR count). The first kappa shape index (κ1) is 18.2. The number of pyridine rings is 1. The van der Waals surface area contributed by atoms with Crippen LogP contribution >= 0.6 is 27.5 Å². The number of hydrogen-bond donors (Lipinski definition) is 0. The van der Waals surface area contributed by atoms with Crippen LogP contribution in [-0.4, -0.2) is 35.9 Å². The first-order chi connectivity index (χ1) is 12.0. The molecule has 1 aliphatic carbocycles. The molecule has 0 bridgehead atoms. The molecule has 25 heavy (non-hydrogen) atoms. The molecule has 0 aliphatic heterocycles. The molecular formula is C19H21BrClN3O. The van der Waals surface area contributed by atoms with Crippen molar-refractivity contribution in [3.63, 3.8) is 0 Å². The van der Waals surface area contributed by atoms with Gasteiger partial charge >= 0.3 is 0 Å². The van der Waals surface area contributed by atoms with Gasteiger partial charge in [0.1, 0.15) is 6.10 Å². The summed E-state index contributed by atoms with van der Waals surface area (Å²) in [6, 6.07) is 7.99. The Morgan fingerprint density at radius 2 is 2.12 bits per heavy atom. The van der Waals surface area contributed by atoms with Gasteiger partial charge in [-0.15, -0.1) is 0 Å². The molecule has 4 nitrogen and oxygen atoms in total. The van der Waals surface area contributed by atoms with Crippen LogP contribution in [0.2, 0.25) is 5.02 Å². The first-order valence-electron chi connectivity index (χ1n) is 8.31. The first-order valence-corrected chi connectivity index (χ1v) is 9.49. The number of rotatable bonds is 5. The lowest BCUT2D eigenvalue weighted by Crippen LogP contribution is -2.17. The Bertz CT molecular complexity index is 809. The molecule has 0 radical (unpaired) electrons. The summed E-state index contributed by atoms with van der Waals surface area (Å²) in [5, 5.41) is 0.772. The molecule has 1 aromatic heterocycles.